The van der Waals surface area contributed by atoms with Crippen LogP contribution in [0, 0.1) is 11.6 Å². The lowest BCUT2D eigenvalue weighted by atomic mass is 10.1. The molecule has 0 atom stereocenters. The third-order valence-corrected chi connectivity index (χ3v) is 4.16. The number of hydrogen-bond acceptors (Lipinski definition) is 5. The predicted octanol–water partition coefficient (Wildman–Crippen LogP) is 3.93. The highest BCUT2D eigenvalue weighted by Gasteiger charge is 2.18. The molecule has 30 heavy (non-hydrogen) atoms. The molecular formula is C22H16F2N2O4. The summed E-state index contributed by atoms with van der Waals surface area (Å²) in [6, 6.07) is 10.8. The minimum atomic E-state index is -1.06. The first-order chi connectivity index (χ1) is 14.3. The molecule has 0 amide bonds. The smallest absolute Gasteiger partial charge is 0.337 e. The third-order valence-electron chi connectivity index (χ3n) is 4.16. The van der Waals surface area contributed by atoms with Gasteiger partial charge in [0.2, 0.25) is 5.78 Å². The molecule has 0 aliphatic rings. The number of rotatable bonds is 6. The Balaban J connectivity index is 2.16. The molecule has 1 heterocycles. The molecular weight excluding hydrogens is 394 g/mol. The number of allylic oxidation sites excluding steroid dienone is 2. The van der Waals surface area contributed by atoms with Gasteiger partial charge < -0.3 is 4.74 Å². The predicted molar refractivity (Wildman–Crippen MR) is 104 cm³/mol. The van der Waals surface area contributed by atoms with Crippen LogP contribution in [0.1, 0.15) is 27.8 Å². The molecule has 0 N–H and O–H groups in total. The number of methoxy groups -OCH3 is 1. The summed E-state index contributed by atoms with van der Waals surface area (Å²) in [4.78, 5) is 35.7. The molecule has 0 spiro atoms. The van der Waals surface area contributed by atoms with Crippen molar-refractivity contribution >= 4 is 17.5 Å². The zero-order valence-corrected chi connectivity index (χ0v) is 16.1. The molecule has 152 valence electrons. The summed E-state index contributed by atoms with van der Waals surface area (Å²) in [6.07, 6.45) is 2.21. The van der Waals surface area contributed by atoms with E-state index in [4.69, 9.17) is 4.74 Å². The fourth-order valence-corrected chi connectivity index (χ4v) is 2.71. The molecule has 0 saturated heterocycles. The first kappa shape index (κ1) is 20.8. The van der Waals surface area contributed by atoms with Gasteiger partial charge in [0.1, 0.15) is 5.69 Å². The van der Waals surface area contributed by atoms with Crippen LogP contribution in [0.2, 0.25) is 0 Å². The van der Waals surface area contributed by atoms with Crippen LogP contribution in [-0.2, 0) is 9.53 Å². The van der Waals surface area contributed by atoms with E-state index in [1.165, 1.54) is 43.0 Å². The lowest BCUT2D eigenvalue weighted by Gasteiger charge is -2.07. The van der Waals surface area contributed by atoms with Gasteiger partial charge in [-0.05, 0) is 61.5 Å². The van der Waals surface area contributed by atoms with E-state index < -0.39 is 23.4 Å². The number of ether oxygens (including phenoxy) is 1. The molecule has 3 aromatic rings. The Hall–Kier alpha value is -3.94. The molecule has 0 fully saturated rings. The molecule has 0 bridgehead atoms. The highest BCUT2D eigenvalue weighted by atomic mass is 19.2. The maximum absolute atomic E-state index is 13.7. The lowest BCUT2D eigenvalue weighted by molar-refractivity contribution is -0.112. The number of nitrogens with zero attached hydrogens (tertiary/aromatic N) is 2. The molecule has 6 nitrogen and oxygen atoms in total. The van der Waals surface area contributed by atoms with Crippen LogP contribution in [0.15, 0.2) is 60.7 Å². The number of aromatic nitrogens is 2. The monoisotopic (exact) mass is 410 g/mol. The SMILES string of the molecule is COC(=O)c1cccc(-n2nc(-c3ccc(F)c(F)c3)cc2C(=O)C=CC(C)=O)c1. The minimum absolute atomic E-state index is 0.0641. The molecule has 0 saturated carbocycles. The summed E-state index contributed by atoms with van der Waals surface area (Å²) < 4.78 is 32.9. The number of carbonyl (C=O) groups excluding carboxylic acids is 3. The second-order valence-electron chi connectivity index (χ2n) is 6.31. The van der Waals surface area contributed by atoms with Crippen LogP contribution in [-0.4, -0.2) is 34.4 Å². The second-order valence-corrected chi connectivity index (χ2v) is 6.31. The largest absolute Gasteiger partial charge is 0.465 e. The maximum atomic E-state index is 13.7. The van der Waals surface area contributed by atoms with Crippen molar-refractivity contribution in [3.05, 3.63) is 83.6 Å². The molecule has 0 aliphatic carbocycles. The minimum Gasteiger partial charge on any atom is -0.465 e. The molecule has 0 aliphatic heterocycles. The first-order valence-electron chi connectivity index (χ1n) is 8.77. The Labute approximate surface area is 170 Å². The van der Waals surface area contributed by atoms with Crippen molar-refractivity contribution in [2.24, 2.45) is 0 Å². The van der Waals surface area contributed by atoms with Gasteiger partial charge in [-0.1, -0.05) is 6.07 Å². The van der Waals surface area contributed by atoms with Gasteiger partial charge in [-0.25, -0.2) is 18.3 Å². The summed E-state index contributed by atoms with van der Waals surface area (Å²) in [6.45, 7) is 1.30. The Morgan fingerprint density at radius 3 is 2.43 bits per heavy atom. The number of ketones is 2. The van der Waals surface area contributed by atoms with Crippen LogP contribution < -0.4 is 0 Å². The van der Waals surface area contributed by atoms with Gasteiger partial charge in [-0.3, -0.25) is 9.59 Å². The number of esters is 1. The summed E-state index contributed by atoms with van der Waals surface area (Å²) in [5.74, 6) is -3.49. The average molecular weight is 410 g/mol. The van der Waals surface area contributed by atoms with Crippen molar-refractivity contribution in [1.82, 2.24) is 9.78 Å². The third kappa shape index (κ3) is 4.38. The summed E-state index contributed by atoms with van der Waals surface area (Å²) in [7, 11) is 1.24. The number of halogens is 2. The molecule has 0 unspecified atom stereocenters. The first-order valence-corrected chi connectivity index (χ1v) is 8.77. The van der Waals surface area contributed by atoms with E-state index in [0.29, 0.717) is 5.69 Å². The second kappa shape index (κ2) is 8.60. The van der Waals surface area contributed by atoms with Crippen LogP contribution in [0.25, 0.3) is 16.9 Å². The van der Waals surface area contributed by atoms with Gasteiger partial charge in [0.05, 0.1) is 24.1 Å². The number of hydrogen-bond donors (Lipinski definition) is 0. The van der Waals surface area contributed by atoms with E-state index in [9.17, 15) is 23.2 Å². The van der Waals surface area contributed by atoms with E-state index in [2.05, 4.69) is 5.10 Å². The van der Waals surface area contributed by atoms with Crippen molar-refractivity contribution in [3.8, 4) is 16.9 Å². The van der Waals surface area contributed by atoms with Crippen LogP contribution in [0.3, 0.4) is 0 Å². The van der Waals surface area contributed by atoms with Gasteiger partial charge in [0.15, 0.2) is 17.4 Å². The van der Waals surface area contributed by atoms with E-state index >= 15 is 0 Å². The summed E-state index contributed by atoms with van der Waals surface area (Å²) in [5, 5.41) is 4.33. The van der Waals surface area contributed by atoms with Crippen LogP contribution in [0.5, 0.6) is 0 Å². The standard InChI is InChI=1S/C22H16F2N2O4/c1-13(27)6-9-21(28)20-12-19(14-7-8-17(23)18(24)11-14)25-26(20)16-5-3-4-15(10-16)22(29)30-2/h3-12H,1-2H3. The molecule has 3 rings (SSSR count). The molecule has 8 heteroatoms. The zero-order chi connectivity index (χ0) is 21.8. The van der Waals surface area contributed by atoms with Crippen molar-refractivity contribution in [3.63, 3.8) is 0 Å². The van der Waals surface area contributed by atoms with E-state index in [1.807, 2.05) is 0 Å². The fraction of sp³-hybridized carbons (Fsp3) is 0.0909. The zero-order valence-electron chi connectivity index (χ0n) is 16.1. The van der Waals surface area contributed by atoms with Gasteiger partial charge in [0, 0.05) is 5.56 Å². The summed E-state index contributed by atoms with van der Waals surface area (Å²) >= 11 is 0. The quantitative estimate of drug-likeness (QED) is 0.350. The molecule has 2 aromatic carbocycles. The number of benzene rings is 2. The van der Waals surface area contributed by atoms with Crippen molar-refractivity contribution in [2.75, 3.05) is 7.11 Å². The van der Waals surface area contributed by atoms with E-state index in [0.717, 1.165) is 24.3 Å². The van der Waals surface area contributed by atoms with Gasteiger partial charge in [-0.2, -0.15) is 5.10 Å². The van der Waals surface area contributed by atoms with Crippen molar-refractivity contribution in [1.29, 1.82) is 0 Å². The Kier molecular flexibility index (Phi) is 5.96. The molecule has 1 aromatic heterocycles. The highest BCUT2D eigenvalue weighted by molar-refractivity contribution is 6.07. The highest BCUT2D eigenvalue weighted by Crippen LogP contribution is 2.24. The Bertz CT molecular complexity index is 1180. The fourth-order valence-electron chi connectivity index (χ4n) is 2.71. The van der Waals surface area contributed by atoms with E-state index in [-0.39, 0.29) is 28.3 Å². The summed E-state index contributed by atoms with van der Waals surface area (Å²) in [5.41, 5.74) is 1.12. The van der Waals surface area contributed by atoms with Crippen LogP contribution >= 0.6 is 0 Å². The Morgan fingerprint density at radius 1 is 1.00 bits per heavy atom. The Morgan fingerprint density at radius 2 is 1.77 bits per heavy atom. The topological polar surface area (TPSA) is 78.3 Å². The van der Waals surface area contributed by atoms with Crippen LogP contribution in [0.4, 0.5) is 8.78 Å². The van der Waals surface area contributed by atoms with Gasteiger partial charge >= 0.3 is 5.97 Å². The van der Waals surface area contributed by atoms with E-state index in [1.54, 1.807) is 12.1 Å². The van der Waals surface area contributed by atoms with Crippen molar-refractivity contribution < 1.29 is 27.9 Å². The number of carbonyl (C=O) groups is 3. The maximum Gasteiger partial charge on any atom is 0.337 e. The molecule has 0 radical (unpaired) electrons. The van der Waals surface area contributed by atoms with Gasteiger partial charge in [0.25, 0.3) is 0 Å². The lowest BCUT2D eigenvalue weighted by Crippen LogP contribution is -2.09. The normalized spacial score (nSPS) is 10.9. The van der Waals surface area contributed by atoms with Crippen molar-refractivity contribution in [2.45, 2.75) is 6.92 Å². The van der Waals surface area contributed by atoms with Gasteiger partial charge in [-0.15, -0.1) is 0 Å². The average Bonchev–Trinajstić information content (AvgIpc) is 3.19.